The lowest BCUT2D eigenvalue weighted by atomic mass is 9.98. The first-order valence-electron chi connectivity index (χ1n) is 8.94. The van der Waals surface area contributed by atoms with E-state index in [0.29, 0.717) is 19.6 Å². The summed E-state index contributed by atoms with van der Waals surface area (Å²) >= 11 is 0. The van der Waals surface area contributed by atoms with Crippen molar-refractivity contribution < 1.29 is 22.8 Å². The molecule has 0 aliphatic heterocycles. The molecule has 0 saturated carbocycles. The predicted molar refractivity (Wildman–Crippen MR) is 101 cm³/mol. The molecule has 4 nitrogen and oxygen atoms in total. The fraction of sp³-hybridized carbons (Fsp3) is 0.381. The Labute approximate surface area is 163 Å². The van der Waals surface area contributed by atoms with Gasteiger partial charge in [-0.15, -0.1) is 5.48 Å². The fourth-order valence-corrected chi connectivity index (χ4v) is 2.35. The Kier molecular flexibility index (Phi) is 7.21. The summed E-state index contributed by atoms with van der Waals surface area (Å²) in [5.41, 5.74) is 4.20. The first-order valence-corrected chi connectivity index (χ1v) is 8.94. The van der Waals surface area contributed by atoms with Crippen molar-refractivity contribution in [1.82, 2.24) is 10.8 Å². The Hall–Kier alpha value is -2.38. The quantitative estimate of drug-likeness (QED) is 0.675. The minimum absolute atomic E-state index is 0.332. The number of halogens is 3. The van der Waals surface area contributed by atoms with E-state index in [1.54, 1.807) is 20.8 Å². The molecule has 0 amide bonds. The molecule has 0 aliphatic rings. The van der Waals surface area contributed by atoms with Gasteiger partial charge in [0.1, 0.15) is 0 Å². The zero-order chi connectivity index (χ0) is 20.8. The van der Waals surface area contributed by atoms with Gasteiger partial charge >= 0.3 is 12.1 Å². The van der Waals surface area contributed by atoms with E-state index < -0.39 is 17.2 Å². The molecule has 2 aromatic carbocycles. The summed E-state index contributed by atoms with van der Waals surface area (Å²) in [4.78, 5) is 16.8. The topological polar surface area (TPSA) is 50.4 Å². The minimum atomic E-state index is -4.32. The summed E-state index contributed by atoms with van der Waals surface area (Å²) in [7, 11) is 0. The lowest BCUT2D eigenvalue weighted by molar-refractivity contribution is -0.161. The van der Waals surface area contributed by atoms with Crippen LogP contribution in [0.4, 0.5) is 13.2 Å². The number of hydrogen-bond acceptors (Lipinski definition) is 4. The Morgan fingerprint density at radius 3 is 2.04 bits per heavy atom. The zero-order valence-electron chi connectivity index (χ0n) is 16.2. The molecule has 0 spiro atoms. The van der Waals surface area contributed by atoms with Crippen molar-refractivity contribution in [3.8, 4) is 0 Å². The lowest BCUT2D eigenvalue weighted by Gasteiger charge is -2.16. The van der Waals surface area contributed by atoms with Gasteiger partial charge in [0.05, 0.1) is 17.5 Å². The number of nitrogens with one attached hydrogen (secondary N) is 2. The molecule has 2 aromatic rings. The highest BCUT2D eigenvalue weighted by Crippen LogP contribution is 2.29. The number of benzene rings is 2. The molecule has 28 heavy (non-hydrogen) atoms. The van der Waals surface area contributed by atoms with Gasteiger partial charge in [0, 0.05) is 13.1 Å². The van der Waals surface area contributed by atoms with E-state index in [1.807, 2.05) is 24.3 Å². The van der Waals surface area contributed by atoms with E-state index in [1.165, 1.54) is 12.1 Å². The van der Waals surface area contributed by atoms with Crippen molar-refractivity contribution >= 4 is 5.97 Å². The van der Waals surface area contributed by atoms with Crippen LogP contribution in [0.3, 0.4) is 0 Å². The van der Waals surface area contributed by atoms with E-state index in [-0.39, 0.29) is 5.97 Å². The number of hydroxylamine groups is 1. The molecule has 0 heterocycles. The van der Waals surface area contributed by atoms with Crippen LogP contribution in [0.2, 0.25) is 0 Å². The van der Waals surface area contributed by atoms with Crippen molar-refractivity contribution in [3.63, 3.8) is 0 Å². The van der Waals surface area contributed by atoms with Gasteiger partial charge in [-0.1, -0.05) is 36.4 Å². The zero-order valence-corrected chi connectivity index (χ0v) is 16.2. The van der Waals surface area contributed by atoms with Gasteiger partial charge in [-0.05, 0) is 49.6 Å². The molecule has 0 atom stereocenters. The summed E-state index contributed by atoms with van der Waals surface area (Å²) in [5, 5.41) is 3.21. The third-order valence-corrected chi connectivity index (χ3v) is 3.98. The van der Waals surface area contributed by atoms with Crippen molar-refractivity contribution in [1.29, 1.82) is 0 Å². The van der Waals surface area contributed by atoms with Crippen LogP contribution < -0.4 is 10.8 Å². The molecular formula is C21H25F3N2O2. The van der Waals surface area contributed by atoms with Crippen LogP contribution in [-0.2, 0) is 35.4 Å². The van der Waals surface area contributed by atoms with Crippen LogP contribution in [0.15, 0.2) is 48.5 Å². The molecule has 0 aliphatic carbocycles. The first kappa shape index (κ1) is 21.9. The summed E-state index contributed by atoms with van der Waals surface area (Å²) in [6.45, 7) is 6.74. The highest BCUT2D eigenvalue weighted by Gasteiger charge is 2.29. The molecule has 7 heteroatoms. The van der Waals surface area contributed by atoms with Crippen molar-refractivity contribution in [2.24, 2.45) is 5.41 Å². The largest absolute Gasteiger partial charge is 0.416 e. The van der Waals surface area contributed by atoms with E-state index in [2.05, 4.69) is 10.8 Å². The van der Waals surface area contributed by atoms with Crippen LogP contribution >= 0.6 is 0 Å². The van der Waals surface area contributed by atoms with Crippen molar-refractivity contribution in [3.05, 3.63) is 70.8 Å². The first-order chi connectivity index (χ1) is 13.1. The maximum absolute atomic E-state index is 12.6. The van der Waals surface area contributed by atoms with Crippen LogP contribution in [-0.4, -0.2) is 5.97 Å². The number of hydrogen-bond donors (Lipinski definition) is 2. The van der Waals surface area contributed by atoms with Crippen molar-refractivity contribution in [2.75, 3.05) is 0 Å². The average Bonchev–Trinajstić information content (AvgIpc) is 2.61. The van der Waals surface area contributed by atoms with Crippen molar-refractivity contribution in [2.45, 2.75) is 46.6 Å². The molecule has 0 unspecified atom stereocenters. The molecule has 152 valence electrons. The summed E-state index contributed by atoms with van der Waals surface area (Å²) < 4.78 is 37.7. The highest BCUT2D eigenvalue weighted by molar-refractivity contribution is 5.75. The lowest BCUT2D eigenvalue weighted by Crippen LogP contribution is -2.29. The maximum Gasteiger partial charge on any atom is 0.416 e. The highest BCUT2D eigenvalue weighted by atomic mass is 19.4. The molecule has 0 saturated heterocycles. The summed E-state index contributed by atoms with van der Waals surface area (Å²) in [5.74, 6) is -0.332. The summed E-state index contributed by atoms with van der Waals surface area (Å²) in [6, 6.07) is 12.8. The second kappa shape index (κ2) is 9.21. The Bertz CT molecular complexity index is 781. The third kappa shape index (κ3) is 6.98. The number of carbonyl (C=O) groups is 1. The van der Waals surface area contributed by atoms with Gasteiger partial charge in [0.15, 0.2) is 0 Å². The monoisotopic (exact) mass is 394 g/mol. The number of alkyl halides is 3. The van der Waals surface area contributed by atoms with Crippen LogP contribution in [0, 0.1) is 5.41 Å². The van der Waals surface area contributed by atoms with Crippen LogP contribution in [0.1, 0.15) is 43.0 Å². The Balaban J connectivity index is 1.80. The Morgan fingerprint density at radius 1 is 0.893 bits per heavy atom. The second-order valence-corrected chi connectivity index (χ2v) is 7.58. The number of carbonyl (C=O) groups excluding carboxylic acids is 1. The van der Waals surface area contributed by atoms with Gasteiger partial charge in [-0.25, -0.2) is 4.79 Å². The molecule has 0 aromatic heterocycles. The molecular weight excluding hydrogens is 369 g/mol. The third-order valence-electron chi connectivity index (χ3n) is 3.98. The SMILES string of the molecule is CC(C)(C)C(=O)ONCc1cccc(CNCc2ccc(C(F)(F)F)cc2)c1. The standard InChI is InChI=1S/C21H25F3N2O2/c1-20(2,3)19(27)28-26-14-17-6-4-5-16(11-17)13-25-12-15-7-9-18(10-8-15)21(22,23)24/h4-11,25-26H,12-14H2,1-3H3. The fourth-order valence-electron chi connectivity index (χ4n) is 2.35. The molecule has 0 radical (unpaired) electrons. The molecule has 2 rings (SSSR count). The van der Waals surface area contributed by atoms with E-state index in [9.17, 15) is 18.0 Å². The van der Waals surface area contributed by atoms with Crippen LogP contribution in [0.5, 0.6) is 0 Å². The molecule has 0 bridgehead atoms. The number of rotatable bonds is 7. The maximum atomic E-state index is 12.6. The molecule has 2 N–H and O–H groups in total. The van der Waals surface area contributed by atoms with Gasteiger partial charge < -0.3 is 10.2 Å². The molecule has 0 fully saturated rings. The van der Waals surface area contributed by atoms with E-state index >= 15 is 0 Å². The Morgan fingerprint density at radius 2 is 1.46 bits per heavy atom. The minimum Gasteiger partial charge on any atom is -0.370 e. The second-order valence-electron chi connectivity index (χ2n) is 7.58. The smallest absolute Gasteiger partial charge is 0.370 e. The average molecular weight is 394 g/mol. The van der Waals surface area contributed by atoms with Gasteiger partial charge in [-0.3, -0.25) is 0 Å². The van der Waals surface area contributed by atoms with E-state index in [4.69, 9.17) is 4.84 Å². The predicted octanol–water partition coefficient (Wildman–Crippen LogP) is 4.59. The summed E-state index contributed by atoms with van der Waals surface area (Å²) in [6.07, 6.45) is -4.32. The van der Waals surface area contributed by atoms with Gasteiger partial charge in [-0.2, -0.15) is 13.2 Å². The van der Waals surface area contributed by atoms with Gasteiger partial charge in [0.2, 0.25) is 0 Å². The van der Waals surface area contributed by atoms with Gasteiger partial charge in [0.25, 0.3) is 0 Å². The van der Waals surface area contributed by atoms with E-state index in [0.717, 1.165) is 28.8 Å². The van der Waals surface area contributed by atoms with Crippen LogP contribution in [0.25, 0.3) is 0 Å². The normalized spacial score (nSPS) is 12.1.